The molecule has 0 aliphatic carbocycles. The van der Waals surface area contributed by atoms with Gasteiger partial charge in [0, 0.05) is 29.7 Å². The number of aromatic nitrogens is 3. The molecule has 0 atom stereocenters. The Kier molecular flexibility index (Phi) is 6.43. The van der Waals surface area contributed by atoms with E-state index in [9.17, 15) is 14.3 Å². The fraction of sp³-hybridized carbons (Fsp3) is 0.375. The summed E-state index contributed by atoms with van der Waals surface area (Å²) in [7, 11) is 0. The first-order chi connectivity index (χ1) is 14.6. The highest BCUT2D eigenvalue weighted by molar-refractivity contribution is 5.74. The van der Waals surface area contributed by atoms with E-state index in [1.54, 1.807) is 38.4 Å². The highest BCUT2D eigenvalue weighted by Crippen LogP contribution is 2.30. The van der Waals surface area contributed by atoms with Crippen molar-refractivity contribution in [3.8, 4) is 28.4 Å². The van der Waals surface area contributed by atoms with Gasteiger partial charge in [-0.2, -0.15) is 0 Å². The lowest BCUT2D eigenvalue weighted by atomic mass is 9.95. The van der Waals surface area contributed by atoms with Crippen molar-refractivity contribution in [2.45, 2.75) is 41.0 Å². The van der Waals surface area contributed by atoms with Crippen LogP contribution in [-0.2, 0) is 11.2 Å². The molecule has 7 heteroatoms. The molecule has 2 N–H and O–H groups in total. The molecule has 0 saturated carbocycles. The molecule has 2 heterocycles. The minimum Gasteiger partial charge on any atom is -0.481 e. The SMILES string of the molecule is Cc1cc(OCC(C)(C)C(=O)O)ncc1-c1ccc(-c2ncc(CC(C)C)[nH]2)c(F)c1. The van der Waals surface area contributed by atoms with Gasteiger partial charge in [-0.25, -0.2) is 14.4 Å². The highest BCUT2D eigenvalue weighted by atomic mass is 19.1. The molecule has 3 rings (SSSR count). The Hall–Kier alpha value is -3.22. The number of carboxylic acid groups (broad SMARTS) is 1. The number of benzene rings is 1. The normalized spacial score (nSPS) is 11.7. The number of aliphatic carboxylic acids is 1. The van der Waals surface area contributed by atoms with E-state index < -0.39 is 11.4 Å². The van der Waals surface area contributed by atoms with Gasteiger partial charge in [0.2, 0.25) is 5.88 Å². The van der Waals surface area contributed by atoms with E-state index in [0.29, 0.717) is 28.7 Å². The van der Waals surface area contributed by atoms with Crippen LogP contribution in [0.5, 0.6) is 5.88 Å². The summed E-state index contributed by atoms with van der Waals surface area (Å²) in [5.41, 5.74) is 2.69. The molecule has 0 bridgehead atoms. The highest BCUT2D eigenvalue weighted by Gasteiger charge is 2.28. The van der Waals surface area contributed by atoms with Gasteiger partial charge in [0.15, 0.2) is 0 Å². The van der Waals surface area contributed by atoms with Crippen LogP contribution >= 0.6 is 0 Å². The Balaban J connectivity index is 1.79. The first kappa shape index (κ1) is 22.5. The molecule has 31 heavy (non-hydrogen) atoms. The second-order valence-corrected chi connectivity index (χ2v) is 8.86. The summed E-state index contributed by atoms with van der Waals surface area (Å²) < 4.78 is 20.4. The lowest BCUT2D eigenvalue weighted by Crippen LogP contribution is -2.30. The van der Waals surface area contributed by atoms with Crippen molar-refractivity contribution in [1.82, 2.24) is 15.0 Å². The molecule has 0 fully saturated rings. The first-order valence-corrected chi connectivity index (χ1v) is 10.2. The maximum Gasteiger partial charge on any atom is 0.312 e. The molecule has 0 aliphatic rings. The Morgan fingerprint density at radius 3 is 2.55 bits per heavy atom. The van der Waals surface area contributed by atoms with E-state index >= 15 is 0 Å². The van der Waals surface area contributed by atoms with Gasteiger partial charge in [0.1, 0.15) is 18.2 Å². The van der Waals surface area contributed by atoms with Gasteiger partial charge in [-0.1, -0.05) is 19.9 Å². The number of halogens is 1. The smallest absolute Gasteiger partial charge is 0.312 e. The summed E-state index contributed by atoms with van der Waals surface area (Å²) in [5.74, 6) is 0.0218. The number of nitrogens with one attached hydrogen (secondary N) is 1. The molecular formula is C24H28FN3O3. The Labute approximate surface area is 181 Å². The molecule has 0 radical (unpaired) electrons. The largest absolute Gasteiger partial charge is 0.481 e. The zero-order valence-electron chi connectivity index (χ0n) is 18.5. The number of aromatic amines is 1. The zero-order valence-corrected chi connectivity index (χ0v) is 18.5. The maximum atomic E-state index is 14.9. The Morgan fingerprint density at radius 1 is 1.19 bits per heavy atom. The fourth-order valence-electron chi connectivity index (χ4n) is 3.14. The molecule has 1 aromatic carbocycles. The molecule has 0 unspecified atom stereocenters. The standard InChI is InChI=1S/C24H28FN3O3/c1-14(2)8-17-11-27-22(28-17)18-7-6-16(10-20(18)25)19-12-26-21(9-15(19)3)31-13-24(4,5)23(29)30/h6-7,9-12,14H,8,13H2,1-5H3,(H,27,28)(H,29,30). The molecule has 0 spiro atoms. The van der Waals surface area contributed by atoms with Crippen molar-refractivity contribution >= 4 is 5.97 Å². The monoisotopic (exact) mass is 425 g/mol. The third kappa shape index (κ3) is 5.29. The van der Waals surface area contributed by atoms with Crippen molar-refractivity contribution in [2.75, 3.05) is 6.61 Å². The van der Waals surface area contributed by atoms with Crippen molar-refractivity contribution in [3.05, 3.63) is 53.7 Å². The van der Waals surface area contributed by atoms with Crippen molar-refractivity contribution in [3.63, 3.8) is 0 Å². The molecule has 2 aromatic heterocycles. The second kappa shape index (κ2) is 8.88. The van der Waals surface area contributed by atoms with Gasteiger partial charge in [0.05, 0.1) is 11.0 Å². The van der Waals surface area contributed by atoms with Crippen LogP contribution in [-0.4, -0.2) is 32.6 Å². The second-order valence-electron chi connectivity index (χ2n) is 8.86. The average molecular weight is 426 g/mol. The molecule has 0 aliphatic heterocycles. The molecule has 0 saturated heterocycles. The number of imidazole rings is 1. The summed E-state index contributed by atoms with van der Waals surface area (Å²) in [6.07, 6.45) is 4.22. The third-order valence-corrected chi connectivity index (χ3v) is 5.04. The summed E-state index contributed by atoms with van der Waals surface area (Å²) in [4.78, 5) is 23.0. The minimum absolute atomic E-state index is 0.000606. The van der Waals surface area contributed by atoms with Gasteiger partial charge < -0.3 is 14.8 Å². The van der Waals surface area contributed by atoms with Gasteiger partial charge in [-0.3, -0.25) is 4.79 Å². The van der Waals surface area contributed by atoms with Crippen LogP contribution in [0, 0.1) is 24.1 Å². The van der Waals surface area contributed by atoms with E-state index in [-0.39, 0.29) is 12.4 Å². The average Bonchev–Trinajstić information content (AvgIpc) is 3.13. The lowest BCUT2D eigenvalue weighted by molar-refractivity contribution is -0.148. The van der Waals surface area contributed by atoms with Crippen LogP contribution in [0.3, 0.4) is 0 Å². The van der Waals surface area contributed by atoms with Crippen molar-refractivity contribution in [1.29, 1.82) is 0 Å². The quantitative estimate of drug-likeness (QED) is 0.513. The predicted octanol–water partition coefficient (Wildman–Crippen LogP) is 5.27. The number of rotatable bonds is 8. The number of carboxylic acids is 1. The van der Waals surface area contributed by atoms with Crippen molar-refractivity contribution < 1.29 is 19.0 Å². The number of aryl methyl sites for hydroxylation is 1. The number of ether oxygens (including phenoxy) is 1. The van der Waals surface area contributed by atoms with E-state index in [0.717, 1.165) is 23.2 Å². The summed E-state index contributed by atoms with van der Waals surface area (Å²) >= 11 is 0. The number of hydrogen-bond donors (Lipinski definition) is 2. The maximum absolute atomic E-state index is 14.9. The van der Waals surface area contributed by atoms with Crippen LogP contribution < -0.4 is 4.74 Å². The first-order valence-electron chi connectivity index (χ1n) is 10.2. The van der Waals surface area contributed by atoms with Gasteiger partial charge in [-0.15, -0.1) is 0 Å². The van der Waals surface area contributed by atoms with Crippen LogP contribution in [0.2, 0.25) is 0 Å². The number of hydrogen-bond acceptors (Lipinski definition) is 4. The van der Waals surface area contributed by atoms with Gasteiger partial charge in [-0.05, 0) is 56.4 Å². The van der Waals surface area contributed by atoms with E-state index in [1.807, 2.05) is 13.0 Å². The fourth-order valence-corrected chi connectivity index (χ4v) is 3.14. The number of carbonyl (C=O) groups is 1. The van der Waals surface area contributed by atoms with E-state index in [4.69, 9.17) is 4.74 Å². The van der Waals surface area contributed by atoms with Gasteiger partial charge >= 0.3 is 5.97 Å². The summed E-state index contributed by atoms with van der Waals surface area (Å²) in [6.45, 7) is 9.30. The van der Waals surface area contributed by atoms with Crippen LogP contribution in [0.15, 0.2) is 36.7 Å². The summed E-state index contributed by atoms with van der Waals surface area (Å²) in [5, 5.41) is 9.19. The third-order valence-electron chi connectivity index (χ3n) is 5.04. The number of nitrogens with zero attached hydrogens (tertiary/aromatic N) is 2. The molecule has 0 amide bonds. The van der Waals surface area contributed by atoms with E-state index in [1.165, 1.54) is 6.07 Å². The molecular weight excluding hydrogens is 397 g/mol. The minimum atomic E-state index is -1.02. The van der Waals surface area contributed by atoms with E-state index in [2.05, 4.69) is 28.8 Å². The van der Waals surface area contributed by atoms with Crippen LogP contribution in [0.1, 0.15) is 39.0 Å². The van der Waals surface area contributed by atoms with Crippen molar-refractivity contribution in [2.24, 2.45) is 11.3 Å². The number of H-pyrrole nitrogens is 1. The molecule has 3 aromatic rings. The van der Waals surface area contributed by atoms with Gasteiger partial charge in [0.25, 0.3) is 0 Å². The molecule has 6 nitrogen and oxygen atoms in total. The lowest BCUT2D eigenvalue weighted by Gasteiger charge is -2.19. The Bertz CT molecular complexity index is 1090. The zero-order chi connectivity index (χ0) is 22.8. The summed E-state index contributed by atoms with van der Waals surface area (Å²) in [6, 6.07) is 6.74. The van der Waals surface area contributed by atoms with Crippen LogP contribution in [0.4, 0.5) is 4.39 Å². The number of pyridine rings is 1. The Morgan fingerprint density at radius 2 is 1.94 bits per heavy atom. The van der Waals surface area contributed by atoms with Crippen LogP contribution in [0.25, 0.3) is 22.5 Å². The topological polar surface area (TPSA) is 88.1 Å². The predicted molar refractivity (Wildman–Crippen MR) is 117 cm³/mol. The molecule has 164 valence electrons.